The molecule has 2 heterocycles. The zero-order valence-corrected chi connectivity index (χ0v) is 10.4. The van der Waals surface area contributed by atoms with Gasteiger partial charge in [0.15, 0.2) is 12.4 Å². The first-order valence-corrected chi connectivity index (χ1v) is 5.79. The van der Waals surface area contributed by atoms with Crippen LogP contribution in [-0.4, -0.2) is 7.11 Å². The summed E-state index contributed by atoms with van der Waals surface area (Å²) < 4.78 is 13.0. The lowest BCUT2D eigenvalue weighted by molar-refractivity contribution is -0.671. The maximum atomic E-state index is 5.85. The molecule has 0 aliphatic heterocycles. The van der Waals surface area contributed by atoms with E-state index in [4.69, 9.17) is 9.15 Å². The van der Waals surface area contributed by atoms with Gasteiger partial charge in [-0.25, -0.2) is 4.57 Å². The molecular formula is C15H14NO2+. The van der Waals surface area contributed by atoms with Crippen molar-refractivity contribution in [1.82, 2.24) is 0 Å². The van der Waals surface area contributed by atoms with Gasteiger partial charge in [0.1, 0.15) is 24.1 Å². The van der Waals surface area contributed by atoms with E-state index in [9.17, 15) is 0 Å². The number of methoxy groups -OCH3 is 1. The van der Waals surface area contributed by atoms with Crippen molar-refractivity contribution in [1.29, 1.82) is 0 Å². The molecular weight excluding hydrogens is 226 g/mol. The van der Waals surface area contributed by atoms with Crippen molar-refractivity contribution in [3.8, 4) is 17.1 Å². The van der Waals surface area contributed by atoms with Crippen LogP contribution in [0.3, 0.4) is 0 Å². The minimum absolute atomic E-state index is 0.808. The predicted molar refractivity (Wildman–Crippen MR) is 69.4 cm³/mol. The van der Waals surface area contributed by atoms with Crippen molar-refractivity contribution in [3.05, 3.63) is 48.8 Å². The summed E-state index contributed by atoms with van der Waals surface area (Å²) in [6.07, 6.45) is 4.01. The first-order chi connectivity index (χ1) is 8.76. The summed E-state index contributed by atoms with van der Waals surface area (Å²) in [5.74, 6) is 1.68. The topological polar surface area (TPSA) is 26.2 Å². The molecule has 0 N–H and O–H groups in total. The van der Waals surface area contributed by atoms with E-state index in [1.165, 1.54) is 0 Å². The van der Waals surface area contributed by atoms with Crippen molar-refractivity contribution in [2.24, 2.45) is 7.05 Å². The summed E-state index contributed by atoms with van der Waals surface area (Å²) in [4.78, 5) is 0. The molecule has 0 fully saturated rings. The van der Waals surface area contributed by atoms with Gasteiger partial charge in [-0.05, 0) is 18.2 Å². The molecule has 0 radical (unpaired) electrons. The third-order valence-corrected chi connectivity index (χ3v) is 2.99. The van der Waals surface area contributed by atoms with Crippen LogP contribution < -0.4 is 9.30 Å². The largest absolute Gasteiger partial charge is 0.497 e. The summed E-state index contributed by atoms with van der Waals surface area (Å²) >= 11 is 0. The lowest BCUT2D eigenvalue weighted by Crippen LogP contribution is -2.25. The molecule has 0 bridgehead atoms. The van der Waals surface area contributed by atoms with Gasteiger partial charge in [0.2, 0.25) is 0 Å². The number of pyridine rings is 1. The molecule has 2 aromatic heterocycles. The molecule has 0 saturated carbocycles. The maximum absolute atomic E-state index is 5.85. The van der Waals surface area contributed by atoms with Crippen molar-refractivity contribution >= 4 is 11.0 Å². The Hall–Kier alpha value is -2.29. The highest BCUT2D eigenvalue weighted by Gasteiger charge is 2.08. The summed E-state index contributed by atoms with van der Waals surface area (Å²) in [7, 11) is 3.65. The molecule has 0 unspecified atom stereocenters. The molecule has 0 aliphatic carbocycles. The average Bonchev–Trinajstić information content (AvgIpc) is 2.82. The Labute approximate surface area is 105 Å². The van der Waals surface area contributed by atoms with Crippen LogP contribution in [0.1, 0.15) is 0 Å². The van der Waals surface area contributed by atoms with E-state index in [1.807, 2.05) is 60.4 Å². The highest BCUT2D eigenvalue weighted by atomic mass is 16.5. The molecule has 0 spiro atoms. The van der Waals surface area contributed by atoms with Crippen LogP contribution in [-0.2, 0) is 7.05 Å². The van der Waals surface area contributed by atoms with Gasteiger partial charge in [-0.3, -0.25) is 0 Å². The van der Waals surface area contributed by atoms with Crippen LogP contribution in [0, 0.1) is 0 Å². The minimum atomic E-state index is 0.808. The number of aromatic nitrogens is 1. The van der Waals surface area contributed by atoms with Crippen molar-refractivity contribution < 1.29 is 13.7 Å². The highest BCUT2D eigenvalue weighted by molar-refractivity contribution is 5.83. The Balaban J connectivity index is 2.10. The Morgan fingerprint density at radius 2 is 1.83 bits per heavy atom. The van der Waals surface area contributed by atoms with E-state index in [-0.39, 0.29) is 0 Å². The first kappa shape index (κ1) is 10.8. The minimum Gasteiger partial charge on any atom is -0.497 e. The average molecular weight is 240 g/mol. The molecule has 3 nitrogen and oxygen atoms in total. The summed E-state index contributed by atoms with van der Waals surface area (Å²) in [6, 6.07) is 12.0. The number of nitrogens with zero attached hydrogens (tertiary/aromatic N) is 1. The zero-order valence-electron chi connectivity index (χ0n) is 10.4. The zero-order chi connectivity index (χ0) is 12.5. The Morgan fingerprint density at radius 3 is 2.56 bits per heavy atom. The molecule has 3 rings (SSSR count). The lowest BCUT2D eigenvalue weighted by atomic mass is 10.2. The van der Waals surface area contributed by atoms with Crippen LogP contribution in [0.25, 0.3) is 22.3 Å². The van der Waals surface area contributed by atoms with E-state index < -0.39 is 0 Å². The Kier molecular flexibility index (Phi) is 2.52. The summed E-state index contributed by atoms with van der Waals surface area (Å²) in [6.45, 7) is 0. The lowest BCUT2D eigenvalue weighted by Gasteiger charge is -1.97. The van der Waals surface area contributed by atoms with Gasteiger partial charge in [-0.2, -0.15) is 0 Å². The molecule has 0 atom stereocenters. The number of aryl methyl sites for hydroxylation is 1. The third kappa shape index (κ3) is 1.84. The number of hydrogen-bond donors (Lipinski definition) is 0. The van der Waals surface area contributed by atoms with Crippen LogP contribution in [0.2, 0.25) is 0 Å². The smallest absolute Gasteiger partial charge is 0.169 e. The fourth-order valence-electron chi connectivity index (χ4n) is 1.95. The third-order valence-electron chi connectivity index (χ3n) is 2.99. The number of hydrogen-bond acceptors (Lipinski definition) is 2. The van der Waals surface area contributed by atoms with Gasteiger partial charge in [-0.1, -0.05) is 0 Å². The van der Waals surface area contributed by atoms with Gasteiger partial charge in [0.05, 0.1) is 7.11 Å². The van der Waals surface area contributed by atoms with Gasteiger partial charge >= 0.3 is 0 Å². The van der Waals surface area contributed by atoms with E-state index in [0.717, 1.165) is 28.0 Å². The number of fused-ring (bicyclic) bond motifs is 1. The summed E-state index contributed by atoms with van der Waals surface area (Å²) in [5, 5.41) is 1.08. The number of benzene rings is 1. The van der Waals surface area contributed by atoms with E-state index >= 15 is 0 Å². The van der Waals surface area contributed by atoms with Crippen molar-refractivity contribution in [2.75, 3.05) is 7.11 Å². The number of ether oxygens (including phenoxy) is 1. The van der Waals surface area contributed by atoms with Crippen LogP contribution in [0.15, 0.2) is 53.2 Å². The van der Waals surface area contributed by atoms with Crippen LogP contribution >= 0.6 is 0 Å². The maximum Gasteiger partial charge on any atom is 0.169 e. The van der Waals surface area contributed by atoms with Crippen molar-refractivity contribution in [3.63, 3.8) is 0 Å². The molecule has 90 valence electrons. The predicted octanol–water partition coefficient (Wildman–Crippen LogP) is 2.93. The van der Waals surface area contributed by atoms with E-state index in [0.29, 0.717) is 0 Å². The van der Waals surface area contributed by atoms with E-state index in [1.54, 1.807) is 7.11 Å². The Bertz CT molecular complexity index is 683. The van der Waals surface area contributed by atoms with Gasteiger partial charge in [-0.15, -0.1) is 0 Å². The van der Waals surface area contributed by atoms with Crippen molar-refractivity contribution in [2.45, 2.75) is 0 Å². The normalized spacial score (nSPS) is 10.8. The molecule has 3 heteroatoms. The molecule has 0 amide bonds. The Morgan fingerprint density at radius 1 is 1.06 bits per heavy atom. The molecule has 3 aromatic rings. The first-order valence-electron chi connectivity index (χ1n) is 5.79. The molecule has 0 aliphatic rings. The fourth-order valence-corrected chi connectivity index (χ4v) is 1.95. The quantitative estimate of drug-likeness (QED) is 0.644. The fraction of sp³-hybridized carbons (Fsp3) is 0.133. The number of rotatable bonds is 2. The van der Waals surface area contributed by atoms with Gasteiger partial charge in [0.25, 0.3) is 0 Å². The molecule has 0 saturated heterocycles. The number of furan rings is 1. The highest BCUT2D eigenvalue weighted by Crippen LogP contribution is 2.29. The van der Waals surface area contributed by atoms with Gasteiger partial charge < -0.3 is 9.15 Å². The monoisotopic (exact) mass is 240 g/mol. The second-order valence-corrected chi connectivity index (χ2v) is 4.27. The van der Waals surface area contributed by atoms with Crippen LogP contribution in [0.5, 0.6) is 5.75 Å². The molecule has 1 aromatic carbocycles. The standard InChI is InChI=1S/C15H14NO2/c1-16-7-5-11(6-8-16)14-9-12-3-4-13(17-2)10-15(12)18-14/h3-10H,1-2H3/q+1. The van der Waals surface area contributed by atoms with Gasteiger partial charge in [0, 0.05) is 29.1 Å². The van der Waals surface area contributed by atoms with E-state index in [2.05, 4.69) is 0 Å². The molecule has 18 heavy (non-hydrogen) atoms. The SMILES string of the molecule is COc1ccc2cc(-c3cc[n+](C)cc3)oc2c1. The van der Waals surface area contributed by atoms with Crippen LogP contribution in [0.4, 0.5) is 0 Å². The summed E-state index contributed by atoms with van der Waals surface area (Å²) in [5.41, 5.74) is 1.92. The second kappa shape index (κ2) is 4.18. The second-order valence-electron chi connectivity index (χ2n) is 4.27.